The third-order valence-electron chi connectivity index (χ3n) is 3.39. The molecule has 0 fully saturated rings. The number of ether oxygens (including phenoxy) is 1. The molecule has 0 aliphatic heterocycles. The molecule has 1 unspecified atom stereocenters. The van der Waals surface area contributed by atoms with Crippen LogP contribution in [0.15, 0.2) is 41.3 Å². The van der Waals surface area contributed by atoms with Crippen LogP contribution in [0, 0.1) is 6.92 Å². The third kappa shape index (κ3) is 4.58. The summed E-state index contributed by atoms with van der Waals surface area (Å²) in [6, 6.07) is 7.20. The van der Waals surface area contributed by atoms with Crippen molar-refractivity contribution in [3.8, 4) is 16.9 Å². The van der Waals surface area contributed by atoms with Gasteiger partial charge in [0, 0.05) is 5.56 Å². The van der Waals surface area contributed by atoms with E-state index in [1.54, 1.807) is 13.0 Å². The fourth-order valence-corrected chi connectivity index (χ4v) is 2.63. The number of carbonyl (C=O) groups is 1. The minimum Gasteiger partial charge on any atom is -0.481 e. The number of aliphatic carboxylic acids is 1. The van der Waals surface area contributed by atoms with Crippen LogP contribution in [0.1, 0.15) is 11.1 Å². The highest BCUT2D eigenvalue weighted by Gasteiger charge is 2.31. The Hall–Kier alpha value is -2.39. The first-order valence-electron chi connectivity index (χ1n) is 6.92. The summed E-state index contributed by atoms with van der Waals surface area (Å²) in [6.07, 6.45) is -4.58. The molecule has 2 rings (SSSR count). The summed E-state index contributed by atoms with van der Waals surface area (Å²) < 4.78 is 55.7. The second kappa shape index (κ2) is 7.24. The van der Waals surface area contributed by atoms with Gasteiger partial charge in [-0.25, -0.2) is 14.1 Å². The Kier molecular flexibility index (Phi) is 5.48. The number of halogens is 3. The summed E-state index contributed by atoms with van der Waals surface area (Å²) in [4.78, 5) is 10.9. The molecule has 3 N–H and O–H groups in total. The number of rotatable bonds is 5. The lowest BCUT2D eigenvalue weighted by Crippen LogP contribution is -2.11. The molecule has 134 valence electrons. The van der Waals surface area contributed by atoms with Crippen molar-refractivity contribution in [3.05, 3.63) is 47.5 Å². The van der Waals surface area contributed by atoms with Crippen LogP contribution in [0.2, 0.25) is 0 Å². The van der Waals surface area contributed by atoms with Gasteiger partial charge in [-0.05, 0) is 48.4 Å². The number of nitrogens with two attached hydrogens (primary N) is 1. The lowest BCUT2D eigenvalue weighted by atomic mass is 9.97. The normalized spacial score (nSPS) is 12.7. The highest BCUT2D eigenvalue weighted by atomic mass is 32.2. The molecule has 1 atom stereocenters. The van der Waals surface area contributed by atoms with Crippen molar-refractivity contribution in [2.24, 2.45) is 5.14 Å². The quantitative estimate of drug-likeness (QED) is 0.843. The van der Waals surface area contributed by atoms with Crippen molar-refractivity contribution < 1.29 is 32.0 Å². The molecule has 25 heavy (non-hydrogen) atoms. The van der Waals surface area contributed by atoms with Crippen molar-refractivity contribution in [2.45, 2.75) is 18.0 Å². The van der Waals surface area contributed by atoms with Crippen molar-refractivity contribution in [3.63, 3.8) is 0 Å². The Bertz CT molecular complexity index is 837. The van der Waals surface area contributed by atoms with Crippen molar-refractivity contribution in [1.29, 1.82) is 0 Å². The molecule has 0 aliphatic carbocycles. The van der Waals surface area contributed by atoms with Crippen LogP contribution in [0.5, 0.6) is 5.75 Å². The average molecular weight is 373 g/mol. The summed E-state index contributed by atoms with van der Waals surface area (Å²) in [5.74, 6) is -1.29. The first-order valence-corrected chi connectivity index (χ1v) is 8.14. The van der Waals surface area contributed by atoms with Crippen LogP contribution in [-0.2, 0) is 22.0 Å². The topological polar surface area (TPSA) is 89.6 Å². The third-order valence-corrected chi connectivity index (χ3v) is 4.11. The molecule has 0 saturated carbocycles. The van der Waals surface area contributed by atoms with Gasteiger partial charge in [-0.15, -0.1) is 0 Å². The minimum atomic E-state index is -4.58. The lowest BCUT2D eigenvalue weighted by molar-refractivity contribution is -0.140. The van der Waals surface area contributed by atoms with Crippen molar-refractivity contribution in [2.75, 3.05) is 6.61 Å². The van der Waals surface area contributed by atoms with Crippen LogP contribution in [0.4, 0.5) is 13.2 Å². The Labute approximate surface area is 143 Å². The van der Waals surface area contributed by atoms with E-state index < -0.39 is 35.3 Å². The summed E-state index contributed by atoms with van der Waals surface area (Å²) in [5, 5.41) is 14.1. The fraction of sp³-hybridized carbons (Fsp3) is 0.188. The molecular formula is C16H14F3NO4S. The van der Waals surface area contributed by atoms with Gasteiger partial charge < -0.3 is 9.84 Å². The van der Waals surface area contributed by atoms with Crippen LogP contribution in [0.25, 0.3) is 11.1 Å². The zero-order chi connectivity index (χ0) is 18.8. The average Bonchev–Trinajstić information content (AvgIpc) is 2.52. The molecule has 5 nitrogen and oxygen atoms in total. The van der Waals surface area contributed by atoms with Gasteiger partial charge in [0.2, 0.25) is 0 Å². The molecule has 0 spiro atoms. The SMILES string of the molecule is Cc1ccc(S(N)=O)cc1-c1cc(C(F)(F)F)ccc1OCC(=O)O. The Morgan fingerprint density at radius 3 is 2.44 bits per heavy atom. The summed E-state index contributed by atoms with van der Waals surface area (Å²) in [6.45, 7) is 0.944. The van der Waals surface area contributed by atoms with E-state index in [-0.39, 0.29) is 16.2 Å². The maximum Gasteiger partial charge on any atom is 0.416 e. The van der Waals surface area contributed by atoms with Gasteiger partial charge in [-0.3, -0.25) is 0 Å². The number of alkyl halides is 3. The monoisotopic (exact) mass is 373 g/mol. The number of hydrogen-bond acceptors (Lipinski definition) is 3. The molecule has 0 heterocycles. The predicted octanol–water partition coefficient (Wildman–Crippen LogP) is 3.13. The Balaban J connectivity index is 2.65. The van der Waals surface area contributed by atoms with Gasteiger partial charge in [-0.1, -0.05) is 6.07 Å². The van der Waals surface area contributed by atoms with Crippen LogP contribution >= 0.6 is 0 Å². The van der Waals surface area contributed by atoms with Gasteiger partial charge in [-0.2, -0.15) is 13.2 Å². The van der Waals surface area contributed by atoms with E-state index in [1.165, 1.54) is 12.1 Å². The maximum absolute atomic E-state index is 13.0. The van der Waals surface area contributed by atoms with E-state index in [0.717, 1.165) is 18.2 Å². The van der Waals surface area contributed by atoms with E-state index in [9.17, 15) is 22.2 Å². The van der Waals surface area contributed by atoms with Gasteiger partial charge in [0.15, 0.2) is 6.61 Å². The first kappa shape index (κ1) is 18.9. The molecule has 2 aromatic rings. The maximum atomic E-state index is 13.0. The first-order chi connectivity index (χ1) is 11.6. The van der Waals surface area contributed by atoms with Crippen LogP contribution < -0.4 is 9.88 Å². The van der Waals surface area contributed by atoms with E-state index in [4.69, 9.17) is 15.0 Å². The lowest BCUT2D eigenvalue weighted by Gasteiger charge is -2.16. The molecule has 0 radical (unpaired) electrons. The number of aryl methyl sites for hydroxylation is 1. The highest BCUT2D eigenvalue weighted by Crippen LogP contribution is 2.38. The van der Waals surface area contributed by atoms with Crippen molar-refractivity contribution >= 4 is 17.0 Å². The van der Waals surface area contributed by atoms with Gasteiger partial charge in [0.05, 0.1) is 10.5 Å². The number of hydrogen-bond donors (Lipinski definition) is 2. The minimum absolute atomic E-state index is 0.0292. The Morgan fingerprint density at radius 2 is 1.88 bits per heavy atom. The largest absolute Gasteiger partial charge is 0.481 e. The molecule has 0 aliphatic rings. The summed E-state index contributed by atoms with van der Waals surface area (Å²) >= 11 is 0. The van der Waals surface area contributed by atoms with E-state index >= 15 is 0 Å². The molecular weight excluding hydrogens is 359 g/mol. The fourth-order valence-electron chi connectivity index (χ4n) is 2.20. The summed E-state index contributed by atoms with van der Waals surface area (Å²) in [5.41, 5.74) is 0.0428. The van der Waals surface area contributed by atoms with Crippen LogP contribution in [-0.4, -0.2) is 21.9 Å². The van der Waals surface area contributed by atoms with E-state index in [1.807, 2.05) is 0 Å². The number of carboxylic acid groups (broad SMARTS) is 1. The van der Waals surface area contributed by atoms with E-state index in [0.29, 0.717) is 11.1 Å². The van der Waals surface area contributed by atoms with Gasteiger partial charge in [0.25, 0.3) is 0 Å². The zero-order valence-corrected chi connectivity index (χ0v) is 13.8. The second-order valence-electron chi connectivity index (χ2n) is 5.17. The van der Waals surface area contributed by atoms with E-state index in [2.05, 4.69) is 0 Å². The smallest absolute Gasteiger partial charge is 0.416 e. The van der Waals surface area contributed by atoms with Crippen molar-refractivity contribution in [1.82, 2.24) is 0 Å². The highest BCUT2D eigenvalue weighted by molar-refractivity contribution is 7.82. The zero-order valence-electron chi connectivity index (χ0n) is 13.0. The Morgan fingerprint density at radius 1 is 1.20 bits per heavy atom. The van der Waals surface area contributed by atoms with Crippen LogP contribution in [0.3, 0.4) is 0 Å². The molecule has 9 heteroatoms. The molecule has 0 bridgehead atoms. The molecule has 0 saturated heterocycles. The molecule has 0 aromatic heterocycles. The van der Waals surface area contributed by atoms with Gasteiger partial charge in [0.1, 0.15) is 16.7 Å². The number of carboxylic acids is 1. The number of benzene rings is 2. The standard InChI is InChI=1S/C16H14F3NO4S/c1-9-2-4-11(25(20)23)7-12(9)13-6-10(16(17,18)19)3-5-14(13)24-8-15(21)22/h2-7H,8,20H2,1H3,(H,21,22). The van der Waals surface area contributed by atoms with Gasteiger partial charge >= 0.3 is 12.1 Å². The predicted molar refractivity (Wildman–Crippen MR) is 85.3 cm³/mol. The molecule has 2 aromatic carbocycles. The second-order valence-corrected chi connectivity index (χ2v) is 6.23. The molecule has 0 amide bonds. The summed E-state index contributed by atoms with van der Waals surface area (Å²) in [7, 11) is -1.82.